The maximum atomic E-state index is 12.0. The van der Waals surface area contributed by atoms with Gasteiger partial charge in [0.2, 0.25) is 0 Å². The second kappa shape index (κ2) is 2.76. The topological polar surface area (TPSA) is 40.5 Å². The number of rotatable bonds is 2. The summed E-state index contributed by atoms with van der Waals surface area (Å²) in [5.74, 6) is 0. The molecule has 1 amide bonds. The van der Waals surface area contributed by atoms with Crippen LogP contribution in [0.1, 0.15) is 0 Å². The second-order valence-corrected chi connectivity index (χ2v) is 1.64. The van der Waals surface area contributed by atoms with Gasteiger partial charge in [-0.1, -0.05) is 0 Å². The van der Waals surface area contributed by atoms with Crippen molar-refractivity contribution in [3.63, 3.8) is 0 Å². The number of halogens is 3. The van der Waals surface area contributed by atoms with Gasteiger partial charge in [-0.2, -0.15) is 8.78 Å². The van der Waals surface area contributed by atoms with E-state index >= 15 is 0 Å². The molecule has 0 spiro atoms. The molecule has 0 saturated heterocycles. The maximum absolute atomic E-state index is 12.0. The fraction of sp³-hybridized carbons (Fsp3) is 0.750. The lowest BCUT2D eigenvalue weighted by molar-refractivity contribution is -0.130. The Labute approximate surface area is 55.0 Å². The summed E-state index contributed by atoms with van der Waals surface area (Å²) in [6, 6.07) is -3.91. The fourth-order valence-electron chi connectivity index (χ4n) is 0.230. The van der Waals surface area contributed by atoms with Crippen LogP contribution in [-0.2, 0) is 0 Å². The minimum Gasteiger partial charge on any atom is -0.465 e. The highest BCUT2D eigenvalue weighted by atomic mass is 19.3. The van der Waals surface area contributed by atoms with Gasteiger partial charge in [-0.3, -0.25) is 0 Å². The van der Waals surface area contributed by atoms with Crippen molar-refractivity contribution in [1.82, 2.24) is 4.90 Å². The largest absolute Gasteiger partial charge is 0.465 e. The molecule has 0 aromatic rings. The number of alkyl halides is 3. The summed E-state index contributed by atoms with van der Waals surface area (Å²) in [4.78, 5) is 9.40. The van der Waals surface area contributed by atoms with Crippen LogP contribution in [0.4, 0.5) is 18.0 Å². The first-order valence-corrected chi connectivity index (χ1v) is 2.32. The van der Waals surface area contributed by atoms with Crippen LogP contribution in [0.2, 0.25) is 0 Å². The van der Waals surface area contributed by atoms with Gasteiger partial charge >= 0.3 is 12.1 Å². The number of carbonyl (C=O) groups is 1. The van der Waals surface area contributed by atoms with E-state index in [2.05, 4.69) is 0 Å². The molecule has 0 bridgehead atoms. The predicted octanol–water partition coefficient (Wildman–Crippen LogP) is 1.16. The lowest BCUT2D eigenvalue weighted by atomic mass is 10.5. The fourth-order valence-corrected chi connectivity index (χ4v) is 0.230. The molecule has 0 radical (unpaired) electrons. The molecule has 0 unspecified atom stereocenters. The van der Waals surface area contributed by atoms with Gasteiger partial charge < -0.3 is 5.11 Å². The Hall–Kier alpha value is -0.940. The van der Waals surface area contributed by atoms with Crippen LogP contribution in [0, 0.1) is 0 Å². The summed E-state index contributed by atoms with van der Waals surface area (Å²) in [5, 5.41) is 7.93. The zero-order valence-corrected chi connectivity index (χ0v) is 5.14. The van der Waals surface area contributed by atoms with Crippen molar-refractivity contribution in [2.24, 2.45) is 0 Å². The zero-order valence-electron chi connectivity index (χ0n) is 5.14. The van der Waals surface area contributed by atoms with Crippen LogP contribution in [0.15, 0.2) is 0 Å². The van der Waals surface area contributed by atoms with Crippen molar-refractivity contribution in [3.8, 4) is 0 Å². The van der Waals surface area contributed by atoms with E-state index in [4.69, 9.17) is 5.11 Å². The lowest BCUT2D eigenvalue weighted by Gasteiger charge is -2.21. The third-order valence-electron chi connectivity index (χ3n) is 0.938. The highest BCUT2D eigenvalue weighted by Crippen LogP contribution is 2.17. The number of hydrogen-bond acceptors (Lipinski definition) is 1. The Kier molecular flexibility index (Phi) is 2.50. The maximum Gasteiger partial charge on any atom is 0.411 e. The Bertz CT molecular complexity index is 138. The van der Waals surface area contributed by atoms with Crippen LogP contribution in [0.3, 0.4) is 0 Å². The molecule has 0 fully saturated rings. The molecule has 0 atom stereocenters. The van der Waals surface area contributed by atoms with Crippen molar-refractivity contribution in [2.75, 3.05) is 13.7 Å². The van der Waals surface area contributed by atoms with E-state index in [0.717, 1.165) is 0 Å². The highest BCUT2D eigenvalue weighted by molar-refractivity contribution is 5.65. The lowest BCUT2D eigenvalue weighted by Crippen LogP contribution is -2.43. The summed E-state index contributed by atoms with van der Waals surface area (Å²) in [6.45, 7) is -2.00. The van der Waals surface area contributed by atoms with Crippen molar-refractivity contribution in [1.29, 1.82) is 0 Å². The highest BCUT2D eigenvalue weighted by Gasteiger charge is 2.37. The molecule has 0 aromatic carbocycles. The first-order valence-electron chi connectivity index (χ1n) is 2.32. The van der Waals surface area contributed by atoms with Crippen LogP contribution in [0.25, 0.3) is 0 Å². The standard InChI is InChI=1S/C4H6F3NO2/c1-8(3(9)10)4(6,7)2-5/h2H2,1H3,(H,9,10). The zero-order chi connectivity index (χ0) is 8.36. The first-order chi connectivity index (χ1) is 4.41. The van der Waals surface area contributed by atoms with Gasteiger partial charge in [0.25, 0.3) is 0 Å². The van der Waals surface area contributed by atoms with Crippen molar-refractivity contribution < 1.29 is 23.1 Å². The summed E-state index contributed by atoms with van der Waals surface area (Å²) in [6.07, 6.45) is -1.86. The molecule has 6 heteroatoms. The number of carboxylic acid groups (broad SMARTS) is 1. The third kappa shape index (κ3) is 1.78. The van der Waals surface area contributed by atoms with E-state index in [9.17, 15) is 18.0 Å². The van der Waals surface area contributed by atoms with Crippen LogP contribution in [-0.4, -0.2) is 35.9 Å². The van der Waals surface area contributed by atoms with E-state index in [1.807, 2.05) is 0 Å². The SMILES string of the molecule is CN(C(=O)O)C(F)(F)CF. The predicted molar refractivity (Wildman–Crippen MR) is 26.7 cm³/mol. The molecule has 0 aliphatic carbocycles. The molecule has 3 nitrogen and oxygen atoms in total. The van der Waals surface area contributed by atoms with Gasteiger partial charge in [0.1, 0.15) is 0 Å². The van der Waals surface area contributed by atoms with Gasteiger partial charge in [0, 0.05) is 7.05 Å². The van der Waals surface area contributed by atoms with Gasteiger partial charge in [-0.05, 0) is 0 Å². The van der Waals surface area contributed by atoms with Crippen molar-refractivity contribution in [3.05, 3.63) is 0 Å². The molecular weight excluding hydrogens is 151 g/mol. The quantitative estimate of drug-likeness (QED) is 0.611. The minimum absolute atomic E-state index is 0.382. The molecule has 0 heterocycles. The molecule has 0 rings (SSSR count). The van der Waals surface area contributed by atoms with Crippen molar-refractivity contribution >= 4 is 6.09 Å². The smallest absolute Gasteiger partial charge is 0.411 e. The van der Waals surface area contributed by atoms with E-state index < -0.39 is 18.8 Å². The van der Waals surface area contributed by atoms with E-state index in [1.165, 1.54) is 0 Å². The average molecular weight is 157 g/mol. The minimum atomic E-state index is -3.91. The third-order valence-corrected chi connectivity index (χ3v) is 0.938. The Balaban J connectivity index is 4.17. The summed E-state index contributed by atoms with van der Waals surface area (Å²) in [7, 11) is 0.599. The Morgan fingerprint density at radius 1 is 1.70 bits per heavy atom. The number of amides is 1. The van der Waals surface area contributed by atoms with E-state index in [0.29, 0.717) is 7.05 Å². The number of hydrogen-bond donors (Lipinski definition) is 1. The average Bonchev–Trinajstić information content (AvgIpc) is 1.86. The first kappa shape index (κ1) is 9.06. The normalized spacial score (nSPS) is 11.2. The summed E-state index contributed by atoms with van der Waals surface area (Å²) >= 11 is 0. The van der Waals surface area contributed by atoms with Crippen molar-refractivity contribution in [2.45, 2.75) is 6.05 Å². The van der Waals surface area contributed by atoms with Crippen LogP contribution < -0.4 is 0 Å². The Morgan fingerprint density at radius 3 is 2.20 bits per heavy atom. The van der Waals surface area contributed by atoms with Gasteiger partial charge in [-0.15, -0.1) is 0 Å². The second-order valence-electron chi connectivity index (χ2n) is 1.64. The van der Waals surface area contributed by atoms with Crippen LogP contribution in [0.5, 0.6) is 0 Å². The van der Waals surface area contributed by atoms with Gasteiger partial charge in [0.15, 0.2) is 6.67 Å². The molecular formula is C4H6F3NO2. The molecule has 1 N–H and O–H groups in total. The molecule has 0 aromatic heterocycles. The molecule has 0 saturated carbocycles. The summed E-state index contributed by atoms with van der Waals surface area (Å²) in [5.41, 5.74) is 0. The number of nitrogens with zero attached hydrogens (tertiary/aromatic N) is 1. The van der Waals surface area contributed by atoms with E-state index in [-0.39, 0.29) is 4.90 Å². The molecule has 0 aliphatic heterocycles. The van der Waals surface area contributed by atoms with Gasteiger partial charge in [0.05, 0.1) is 0 Å². The van der Waals surface area contributed by atoms with Gasteiger partial charge in [-0.25, -0.2) is 14.1 Å². The summed E-state index contributed by atoms with van der Waals surface area (Å²) < 4.78 is 35.3. The molecule has 10 heavy (non-hydrogen) atoms. The van der Waals surface area contributed by atoms with E-state index in [1.54, 1.807) is 0 Å². The Morgan fingerprint density at radius 2 is 2.10 bits per heavy atom. The molecule has 0 aliphatic rings. The molecule has 60 valence electrons. The monoisotopic (exact) mass is 157 g/mol. The van der Waals surface area contributed by atoms with Crippen LogP contribution >= 0.6 is 0 Å².